The Morgan fingerprint density at radius 2 is 1.86 bits per heavy atom. The molecule has 1 aliphatic heterocycles. The highest BCUT2D eigenvalue weighted by Crippen LogP contribution is 2.38. The molecule has 1 fully saturated rings. The quantitative estimate of drug-likeness (QED) is 0.625. The second kappa shape index (κ2) is 7.23. The Labute approximate surface area is 166 Å². The van der Waals surface area contributed by atoms with E-state index in [1.807, 2.05) is 12.1 Å². The number of halogens is 4. The van der Waals surface area contributed by atoms with Crippen molar-refractivity contribution in [3.8, 4) is 0 Å². The van der Waals surface area contributed by atoms with Crippen molar-refractivity contribution < 1.29 is 13.2 Å². The molecule has 0 N–H and O–H groups in total. The lowest BCUT2D eigenvalue weighted by atomic mass is 10.1. The minimum Gasteiger partial charge on any atom is -0.368 e. The number of anilines is 1. The summed E-state index contributed by atoms with van der Waals surface area (Å²) in [4.78, 5) is 4.38. The van der Waals surface area contributed by atoms with Gasteiger partial charge in [-0.3, -0.25) is 0 Å². The van der Waals surface area contributed by atoms with Crippen LogP contribution in [0.5, 0.6) is 0 Å². The molecule has 4 rings (SSSR count). The van der Waals surface area contributed by atoms with Crippen LogP contribution < -0.4 is 4.90 Å². The lowest BCUT2D eigenvalue weighted by Gasteiger charge is -2.34. The van der Waals surface area contributed by atoms with E-state index >= 15 is 0 Å². The van der Waals surface area contributed by atoms with Crippen molar-refractivity contribution in [1.29, 1.82) is 0 Å². The van der Waals surface area contributed by atoms with Gasteiger partial charge in [0.2, 0.25) is 0 Å². The molecule has 28 heavy (non-hydrogen) atoms. The van der Waals surface area contributed by atoms with Gasteiger partial charge < -0.3 is 14.4 Å². The average molecular weight is 406 g/mol. The summed E-state index contributed by atoms with van der Waals surface area (Å²) < 4.78 is 42.7. The van der Waals surface area contributed by atoms with Crippen LogP contribution in [0.1, 0.15) is 11.3 Å². The molecule has 0 radical (unpaired) electrons. The number of rotatable bonds is 3. The summed E-state index contributed by atoms with van der Waals surface area (Å²) in [6, 6.07) is 15.5. The highest BCUT2D eigenvalue weighted by molar-refractivity contribution is 6.30. The van der Waals surface area contributed by atoms with Crippen LogP contribution in [0.2, 0.25) is 5.02 Å². The average Bonchev–Trinajstić information content (AvgIpc) is 3.02. The largest absolute Gasteiger partial charge is 0.431 e. The molecule has 3 aromatic rings. The molecule has 0 aliphatic carbocycles. The van der Waals surface area contributed by atoms with Crippen LogP contribution in [0.15, 0.2) is 36.4 Å². The minimum atomic E-state index is -4.46. The fourth-order valence-electron chi connectivity index (χ4n) is 3.69. The van der Waals surface area contributed by atoms with Crippen molar-refractivity contribution in [3.05, 3.63) is 64.8 Å². The number of fused-ring (bicyclic) bond motifs is 1. The summed E-state index contributed by atoms with van der Waals surface area (Å²) in [6.45, 7) is 3.38. The summed E-state index contributed by atoms with van der Waals surface area (Å²) in [5, 5.41) is 1.04. The van der Waals surface area contributed by atoms with Crippen molar-refractivity contribution in [2.24, 2.45) is 0 Å². The summed E-state index contributed by atoms with van der Waals surface area (Å²) in [6.07, 6.45) is -4.46. The third-order valence-electron chi connectivity index (χ3n) is 5.14. The number of hydrogen-bond acceptors (Lipinski definition) is 2. The fourth-order valence-corrected chi connectivity index (χ4v) is 3.88. The lowest BCUT2D eigenvalue weighted by molar-refractivity contribution is -0.143. The van der Waals surface area contributed by atoms with E-state index in [9.17, 15) is 13.2 Å². The Kier molecular flexibility index (Phi) is 4.90. The summed E-state index contributed by atoms with van der Waals surface area (Å²) in [5.74, 6) is 0. The van der Waals surface area contributed by atoms with E-state index in [1.165, 1.54) is 16.7 Å². The number of hydrogen-bond donors (Lipinski definition) is 0. The molecular weight excluding hydrogens is 387 g/mol. The zero-order valence-corrected chi connectivity index (χ0v) is 16.1. The summed E-state index contributed by atoms with van der Waals surface area (Å²) in [5.41, 5.74) is 1.28. The molecule has 0 unspecified atom stereocenters. The van der Waals surface area contributed by atoms with E-state index < -0.39 is 11.9 Å². The third-order valence-corrected chi connectivity index (χ3v) is 5.36. The van der Waals surface area contributed by atoms with Gasteiger partial charge in [-0.2, -0.15) is 13.2 Å². The number of piperazine rings is 1. The van der Waals surface area contributed by atoms with Gasteiger partial charge in [-0.05, 0) is 31.3 Å². The molecule has 1 aliphatic rings. The van der Waals surface area contributed by atoms with Gasteiger partial charge in [0.25, 0.3) is 0 Å². The van der Waals surface area contributed by atoms with Crippen LogP contribution in [0.4, 0.5) is 18.9 Å². The second-order valence-corrected chi connectivity index (χ2v) is 7.52. The van der Waals surface area contributed by atoms with Crippen molar-refractivity contribution in [2.75, 3.05) is 38.1 Å². The van der Waals surface area contributed by atoms with Crippen LogP contribution in [0, 0.1) is 12.1 Å². The molecule has 0 saturated carbocycles. The molecule has 146 valence electrons. The van der Waals surface area contributed by atoms with Gasteiger partial charge in [-0.1, -0.05) is 29.8 Å². The highest BCUT2D eigenvalue weighted by Gasteiger charge is 2.36. The van der Waals surface area contributed by atoms with Crippen molar-refractivity contribution in [2.45, 2.75) is 12.7 Å². The Bertz CT molecular complexity index is 988. The molecule has 0 atom stereocenters. The predicted molar refractivity (Wildman–Crippen MR) is 105 cm³/mol. The van der Waals surface area contributed by atoms with Crippen LogP contribution in [-0.2, 0) is 12.7 Å². The van der Waals surface area contributed by atoms with Gasteiger partial charge in [0.1, 0.15) is 5.69 Å². The van der Waals surface area contributed by atoms with Gasteiger partial charge in [-0.15, -0.1) is 0 Å². The first-order chi connectivity index (χ1) is 13.3. The fraction of sp³-hybridized carbons (Fsp3) is 0.333. The number of nitrogens with zero attached hydrogens (tertiary/aromatic N) is 3. The Morgan fingerprint density at radius 1 is 1.11 bits per heavy atom. The predicted octanol–water partition coefficient (Wildman–Crippen LogP) is 4.71. The molecule has 1 saturated heterocycles. The van der Waals surface area contributed by atoms with Crippen molar-refractivity contribution >= 4 is 28.2 Å². The summed E-state index contributed by atoms with van der Waals surface area (Å²) >= 11 is 5.98. The van der Waals surface area contributed by atoms with E-state index in [1.54, 1.807) is 12.1 Å². The van der Waals surface area contributed by atoms with Crippen LogP contribution in [-0.4, -0.2) is 42.7 Å². The smallest absolute Gasteiger partial charge is 0.368 e. The number of likely N-dealkylation sites (N-methyl/N-ethyl adjacent to an activating group) is 1. The molecule has 7 heteroatoms. The zero-order valence-electron chi connectivity index (χ0n) is 15.4. The maximum atomic E-state index is 13.8. The maximum absolute atomic E-state index is 13.8. The van der Waals surface area contributed by atoms with E-state index in [4.69, 9.17) is 11.6 Å². The Balaban J connectivity index is 1.82. The highest BCUT2D eigenvalue weighted by atomic mass is 35.5. The minimum absolute atomic E-state index is 0.0294. The molecule has 0 amide bonds. The van der Waals surface area contributed by atoms with E-state index in [0.29, 0.717) is 21.5 Å². The molecule has 0 spiro atoms. The number of alkyl halides is 3. The molecular formula is C21H19ClF3N3. The number of benzene rings is 1. The SMILES string of the molecule is CN1CCN(c2cccc3c2cc(C(F)(F)F)n3Cc2c#ccc(Cl)c2)CC1. The molecule has 3 nitrogen and oxygen atoms in total. The lowest BCUT2D eigenvalue weighted by Crippen LogP contribution is -2.44. The zero-order chi connectivity index (χ0) is 19.9. The second-order valence-electron chi connectivity index (χ2n) is 7.08. The summed E-state index contributed by atoms with van der Waals surface area (Å²) in [7, 11) is 2.05. The Hall–Kier alpha value is -2.36. The van der Waals surface area contributed by atoms with Crippen molar-refractivity contribution in [1.82, 2.24) is 9.47 Å². The van der Waals surface area contributed by atoms with Crippen LogP contribution in [0.25, 0.3) is 10.9 Å². The van der Waals surface area contributed by atoms with Gasteiger partial charge in [0.15, 0.2) is 0 Å². The Morgan fingerprint density at radius 3 is 2.54 bits per heavy atom. The maximum Gasteiger partial charge on any atom is 0.431 e. The molecule has 1 aromatic heterocycles. The van der Waals surface area contributed by atoms with Crippen LogP contribution >= 0.6 is 11.6 Å². The number of aromatic nitrogens is 1. The van der Waals surface area contributed by atoms with Gasteiger partial charge >= 0.3 is 6.18 Å². The monoisotopic (exact) mass is 405 g/mol. The first kappa shape index (κ1) is 19.0. The van der Waals surface area contributed by atoms with E-state index in [2.05, 4.69) is 29.0 Å². The first-order valence-electron chi connectivity index (χ1n) is 9.03. The molecule has 2 heterocycles. The first-order valence-corrected chi connectivity index (χ1v) is 9.41. The third kappa shape index (κ3) is 3.65. The van der Waals surface area contributed by atoms with E-state index in [-0.39, 0.29) is 6.54 Å². The molecule has 2 aromatic carbocycles. The van der Waals surface area contributed by atoms with Gasteiger partial charge in [0, 0.05) is 53.9 Å². The van der Waals surface area contributed by atoms with E-state index in [0.717, 1.165) is 31.9 Å². The standard InChI is InChI=1S/C21H19ClF3N3/c1-26-8-10-27(11-9-26)18-6-3-7-19-17(18)13-20(21(23,24)25)28(19)14-15-4-2-5-16(22)12-15/h3,5-7,12-13H,8-11,14H2,1H3. The van der Waals surface area contributed by atoms with Gasteiger partial charge in [-0.25, -0.2) is 0 Å². The molecule has 0 bridgehead atoms. The van der Waals surface area contributed by atoms with Crippen molar-refractivity contribution in [3.63, 3.8) is 0 Å². The van der Waals surface area contributed by atoms with Crippen LogP contribution in [0.3, 0.4) is 0 Å². The topological polar surface area (TPSA) is 11.4 Å². The normalized spacial score (nSPS) is 15.8. The van der Waals surface area contributed by atoms with Gasteiger partial charge in [0.05, 0.1) is 12.1 Å².